The van der Waals surface area contributed by atoms with Crippen molar-refractivity contribution in [3.63, 3.8) is 0 Å². The molecule has 3 heterocycles. The van der Waals surface area contributed by atoms with Gasteiger partial charge in [0.2, 0.25) is 5.91 Å². The van der Waals surface area contributed by atoms with E-state index in [0.717, 1.165) is 75.5 Å². The first-order valence-corrected chi connectivity index (χ1v) is 12.3. The van der Waals surface area contributed by atoms with E-state index in [-0.39, 0.29) is 17.7 Å². The Hall–Kier alpha value is -1.40. The number of hydrogen-bond acceptors (Lipinski definition) is 4. The molecule has 3 aliphatic rings. The minimum Gasteiger partial charge on any atom is -0.356 e. The Morgan fingerprint density at radius 2 is 1.90 bits per heavy atom. The molecule has 0 aromatic carbocycles. The summed E-state index contributed by atoms with van der Waals surface area (Å²) in [7, 11) is 0. The number of piperidine rings is 1. The van der Waals surface area contributed by atoms with Gasteiger partial charge in [-0.05, 0) is 88.5 Å². The lowest BCUT2D eigenvalue weighted by Crippen LogP contribution is -2.37. The molecule has 4 rings (SSSR count). The lowest BCUT2D eigenvalue weighted by atomic mass is 9.87. The third kappa shape index (κ3) is 5.21. The van der Waals surface area contributed by atoms with E-state index in [4.69, 9.17) is 0 Å². The van der Waals surface area contributed by atoms with Gasteiger partial charge in [0, 0.05) is 30.4 Å². The second-order valence-electron chi connectivity index (χ2n) is 9.17. The predicted molar refractivity (Wildman–Crippen MR) is 117 cm³/mol. The van der Waals surface area contributed by atoms with Gasteiger partial charge in [-0.3, -0.25) is 9.59 Å². The maximum Gasteiger partial charge on any atom is 0.263 e. The number of fused-ring (bicyclic) bond motifs is 1. The van der Waals surface area contributed by atoms with Crippen molar-refractivity contribution in [2.24, 2.45) is 11.8 Å². The van der Waals surface area contributed by atoms with E-state index in [1.54, 1.807) is 11.3 Å². The average molecular weight is 418 g/mol. The number of hydrogen-bond donors (Lipinski definition) is 1. The first-order chi connectivity index (χ1) is 14.1. The molecule has 1 aliphatic carbocycles. The van der Waals surface area contributed by atoms with Crippen LogP contribution >= 0.6 is 11.3 Å². The molecule has 6 heteroatoms. The number of carbonyl (C=O) groups is 2. The van der Waals surface area contributed by atoms with E-state index in [0.29, 0.717) is 0 Å². The second-order valence-corrected chi connectivity index (χ2v) is 10.3. The van der Waals surface area contributed by atoms with E-state index in [2.05, 4.69) is 23.2 Å². The first kappa shape index (κ1) is 20.9. The minimum atomic E-state index is 0.0580. The first-order valence-electron chi connectivity index (χ1n) is 11.5. The molecule has 1 N–H and O–H groups in total. The lowest BCUT2D eigenvalue weighted by molar-refractivity contribution is -0.125. The van der Waals surface area contributed by atoms with Crippen LogP contribution in [0.3, 0.4) is 0 Å². The van der Waals surface area contributed by atoms with Crippen LogP contribution in [-0.2, 0) is 17.6 Å². The van der Waals surface area contributed by atoms with Gasteiger partial charge in [0.25, 0.3) is 5.91 Å². The van der Waals surface area contributed by atoms with Crippen LogP contribution in [0.1, 0.15) is 65.6 Å². The van der Waals surface area contributed by atoms with Crippen molar-refractivity contribution in [2.75, 3.05) is 39.3 Å². The smallest absolute Gasteiger partial charge is 0.263 e. The molecule has 2 aliphatic heterocycles. The molecular formula is C23H35N3O2S. The molecular weight excluding hydrogens is 382 g/mol. The normalized spacial score (nSPS) is 23.2. The monoisotopic (exact) mass is 417 g/mol. The summed E-state index contributed by atoms with van der Waals surface area (Å²) in [6.07, 6.45) is 8.50. The summed E-state index contributed by atoms with van der Waals surface area (Å²) in [5.74, 6) is 1.31. The number of likely N-dealkylation sites (tertiary alicyclic amines) is 2. The van der Waals surface area contributed by atoms with Crippen molar-refractivity contribution in [1.29, 1.82) is 0 Å². The summed E-state index contributed by atoms with van der Waals surface area (Å²) in [6, 6.07) is 2.07. The fourth-order valence-corrected chi connectivity index (χ4v) is 6.05. The molecule has 0 radical (unpaired) electrons. The summed E-state index contributed by atoms with van der Waals surface area (Å²) in [4.78, 5) is 32.0. The average Bonchev–Trinajstić information content (AvgIpc) is 3.41. The van der Waals surface area contributed by atoms with E-state index in [1.165, 1.54) is 36.4 Å². The highest BCUT2D eigenvalue weighted by molar-refractivity contribution is 7.14. The third-order valence-corrected chi connectivity index (χ3v) is 8.11. The zero-order chi connectivity index (χ0) is 20.2. The summed E-state index contributed by atoms with van der Waals surface area (Å²) in [5, 5.41) is 3.17. The Bertz CT molecular complexity index is 718. The maximum absolute atomic E-state index is 12.7. The second kappa shape index (κ2) is 9.61. The number of rotatable bonds is 6. The van der Waals surface area contributed by atoms with Crippen LogP contribution in [0, 0.1) is 11.8 Å². The molecule has 2 fully saturated rings. The molecule has 29 heavy (non-hydrogen) atoms. The molecule has 0 saturated carbocycles. The Kier molecular flexibility index (Phi) is 6.91. The highest BCUT2D eigenvalue weighted by atomic mass is 32.1. The summed E-state index contributed by atoms with van der Waals surface area (Å²) in [5.41, 5.74) is 1.23. The molecule has 2 saturated heterocycles. The van der Waals surface area contributed by atoms with Gasteiger partial charge >= 0.3 is 0 Å². The lowest BCUT2D eigenvalue weighted by Gasteiger charge is -2.30. The van der Waals surface area contributed by atoms with Gasteiger partial charge in [-0.25, -0.2) is 0 Å². The Morgan fingerprint density at radius 3 is 2.66 bits per heavy atom. The highest BCUT2D eigenvalue weighted by Gasteiger charge is 2.29. The van der Waals surface area contributed by atoms with E-state index in [1.807, 2.05) is 4.90 Å². The fourth-order valence-electron chi connectivity index (χ4n) is 4.87. The quantitative estimate of drug-likeness (QED) is 0.723. The van der Waals surface area contributed by atoms with Crippen molar-refractivity contribution < 1.29 is 9.59 Å². The Labute approximate surface area is 178 Å². The van der Waals surface area contributed by atoms with Crippen molar-refractivity contribution in [2.45, 2.75) is 58.3 Å². The molecule has 0 bridgehead atoms. The van der Waals surface area contributed by atoms with Crippen LogP contribution in [0.15, 0.2) is 6.07 Å². The molecule has 1 atom stereocenters. The predicted octanol–water partition coefficient (Wildman–Crippen LogP) is 3.33. The third-order valence-electron chi connectivity index (χ3n) is 6.88. The zero-order valence-electron chi connectivity index (χ0n) is 17.8. The number of nitrogens with one attached hydrogen (secondary N) is 1. The molecule has 2 amide bonds. The topological polar surface area (TPSA) is 52.7 Å². The highest BCUT2D eigenvalue weighted by Crippen LogP contribution is 2.33. The molecule has 160 valence electrons. The van der Waals surface area contributed by atoms with E-state index >= 15 is 0 Å². The van der Waals surface area contributed by atoms with Crippen LogP contribution in [0.4, 0.5) is 0 Å². The molecule has 0 spiro atoms. The van der Waals surface area contributed by atoms with Gasteiger partial charge in [-0.2, -0.15) is 0 Å². The van der Waals surface area contributed by atoms with E-state index in [9.17, 15) is 9.59 Å². The Morgan fingerprint density at radius 1 is 1.14 bits per heavy atom. The van der Waals surface area contributed by atoms with Gasteiger partial charge in [0.1, 0.15) is 0 Å². The zero-order valence-corrected chi connectivity index (χ0v) is 18.6. The molecule has 5 nitrogen and oxygen atoms in total. The van der Waals surface area contributed by atoms with Gasteiger partial charge in [0.15, 0.2) is 0 Å². The maximum atomic E-state index is 12.7. The molecule has 1 unspecified atom stereocenters. The van der Waals surface area contributed by atoms with Gasteiger partial charge < -0.3 is 15.1 Å². The summed E-state index contributed by atoms with van der Waals surface area (Å²) in [6.45, 7) is 8.40. The minimum absolute atomic E-state index is 0.0580. The van der Waals surface area contributed by atoms with Crippen molar-refractivity contribution in [3.8, 4) is 0 Å². The number of carbonyl (C=O) groups excluding carboxylic acids is 2. The van der Waals surface area contributed by atoms with Gasteiger partial charge in [-0.15, -0.1) is 11.3 Å². The van der Waals surface area contributed by atoms with Gasteiger partial charge in [0.05, 0.1) is 4.88 Å². The number of thiophene rings is 1. The summed E-state index contributed by atoms with van der Waals surface area (Å²) < 4.78 is 0. The fraction of sp³-hybridized carbons (Fsp3) is 0.739. The van der Waals surface area contributed by atoms with Gasteiger partial charge in [-0.1, -0.05) is 6.92 Å². The van der Waals surface area contributed by atoms with E-state index < -0.39 is 0 Å². The summed E-state index contributed by atoms with van der Waals surface area (Å²) >= 11 is 1.65. The number of aryl methyl sites for hydroxylation is 1. The SMILES string of the molecule is CC1CCN(CCCNC(=O)C2CCc3sc(C(=O)N4CCCC4)cc3C2)CC1. The number of amides is 2. The largest absolute Gasteiger partial charge is 0.356 e. The van der Waals surface area contributed by atoms with Crippen LogP contribution in [-0.4, -0.2) is 60.9 Å². The van der Waals surface area contributed by atoms with Crippen LogP contribution in [0.25, 0.3) is 0 Å². The Balaban J connectivity index is 1.22. The number of nitrogens with zero attached hydrogens (tertiary/aromatic N) is 2. The van der Waals surface area contributed by atoms with Crippen molar-refractivity contribution in [3.05, 3.63) is 21.4 Å². The van der Waals surface area contributed by atoms with Crippen molar-refractivity contribution >= 4 is 23.2 Å². The molecule has 1 aromatic heterocycles. The van der Waals surface area contributed by atoms with Crippen LogP contribution in [0.2, 0.25) is 0 Å². The van der Waals surface area contributed by atoms with Crippen LogP contribution < -0.4 is 5.32 Å². The standard InChI is InChI=1S/C23H35N3O2S/c1-17-7-13-25(14-8-17)10-4-9-24-22(27)18-5-6-20-19(15-18)16-21(29-20)23(28)26-11-2-3-12-26/h16-18H,2-15H2,1H3,(H,24,27). The molecule has 1 aromatic rings. The van der Waals surface area contributed by atoms with Crippen molar-refractivity contribution in [1.82, 2.24) is 15.1 Å². The van der Waals surface area contributed by atoms with Crippen LogP contribution in [0.5, 0.6) is 0 Å².